The van der Waals surface area contributed by atoms with Crippen molar-refractivity contribution in [2.24, 2.45) is 0 Å². The Morgan fingerprint density at radius 2 is 2.32 bits per heavy atom. The normalized spacial score (nSPS) is 10.4. The van der Waals surface area contributed by atoms with E-state index >= 15 is 0 Å². The molecule has 2 heterocycles. The van der Waals surface area contributed by atoms with Crippen molar-refractivity contribution >= 4 is 5.97 Å². The zero-order chi connectivity index (χ0) is 13.5. The molecular weight excluding hydrogens is 244 g/mol. The van der Waals surface area contributed by atoms with Crippen LogP contribution >= 0.6 is 0 Å². The molecule has 0 aliphatic rings. The number of nitrogens with one attached hydrogen (secondary N) is 1. The first-order chi connectivity index (χ1) is 9.31. The molecule has 0 aromatic carbocycles. The van der Waals surface area contributed by atoms with Crippen LogP contribution in [0.2, 0.25) is 0 Å². The molecule has 0 saturated carbocycles. The summed E-state index contributed by atoms with van der Waals surface area (Å²) in [6.07, 6.45) is 4.12. The molecule has 2 aromatic heterocycles. The van der Waals surface area contributed by atoms with Crippen LogP contribution in [0.5, 0.6) is 0 Å². The Balaban J connectivity index is 1.87. The van der Waals surface area contributed by atoms with Gasteiger partial charge in [0.2, 0.25) is 0 Å². The molecule has 5 heteroatoms. The van der Waals surface area contributed by atoms with Crippen LogP contribution in [-0.4, -0.2) is 24.6 Å². The number of nitrogens with zero attached hydrogens (tertiary/aromatic N) is 1. The van der Waals surface area contributed by atoms with Gasteiger partial charge in [-0.2, -0.15) is 0 Å². The third-order valence-corrected chi connectivity index (χ3v) is 2.72. The standard InChI is InChI=1S/C14H16N2O3/c1-18-14(17)12-5-2-7-16-13(12)10-15-8-6-11-4-3-9-19-11/h2-5,7,9,15H,6,8,10H2,1H3. The minimum Gasteiger partial charge on any atom is -0.469 e. The van der Waals surface area contributed by atoms with E-state index in [4.69, 9.17) is 9.15 Å². The smallest absolute Gasteiger partial charge is 0.339 e. The van der Waals surface area contributed by atoms with Crippen LogP contribution in [0.4, 0.5) is 0 Å². The first-order valence-electron chi connectivity index (χ1n) is 6.06. The second-order valence-electron chi connectivity index (χ2n) is 4.00. The summed E-state index contributed by atoms with van der Waals surface area (Å²) in [4.78, 5) is 15.7. The third-order valence-electron chi connectivity index (χ3n) is 2.72. The van der Waals surface area contributed by atoms with E-state index in [0.717, 1.165) is 18.7 Å². The van der Waals surface area contributed by atoms with Crippen molar-refractivity contribution in [2.75, 3.05) is 13.7 Å². The molecule has 0 spiro atoms. The lowest BCUT2D eigenvalue weighted by atomic mass is 10.2. The van der Waals surface area contributed by atoms with E-state index in [-0.39, 0.29) is 5.97 Å². The van der Waals surface area contributed by atoms with E-state index in [1.165, 1.54) is 7.11 Å². The van der Waals surface area contributed by atoms with E-state index in [2.05, 4.69) is 10.3 Å². The maximum absolute atomic E-state index is 11.5. The Morgan fingerprint density at radius 1 is 1.42 bits per heavy atom. The number of pyridine rings is 1. The molecule has 0 fully saturated rings. The Kier molecular flexibility index (Phi) is 4.69. The lowest BCUT2D eigenvalue weighted by molar-refractivity contribution is 0.0598. The van der Waals surface area contributed by atoms with Gasteiger partial charge in [0.05, 0.1) is 24.6 Å². The highest BCUT2D eigenvalue weighted by molar-refractivity contribution is 5.90. The summed E-state index contributed by atoms with van der Waals surface area (Å²) >= 11 is 0. The highest BCUT2D eigenvalue weighted by Gasteiger charge is 2.11. The first-order valence-corrected chi connectivity index (χ1v) is 6.06. The lowest BCUT2D eigenvalue weighted by Crippen LogP contribution is -2.19. The molecule has 0 unspecified atom stereocenters. The fraction of sp³-hybridized carbons (Fsp3) is 0.286. The molecule has 0 atom stereocenters. The number of rotatable bonds is 6. The van der Waals surface area contributed by atoms with Crippen molar-refractivity contribution < 1.29 is 13.9 Å². The molecular formula is C14H16N2O3. The summed E-state index contributed by atoms with van der Waals surface area (Å²) in [5, 5.41) is 3.23. The summed E-state index contributed by atoms with van der Waals surface area (Å²) in [6.45, 7) is 1.27. The van der Waals surface area contributed by atoms with Crippen LogP contribution in [-0.2, 0) is 17.7 Å². The Hall–Kier alpha value is -2.14. The topological polar surface area (TPSA) is 64.4 Å². The van der Waals surface area contributed by atoms with E-state index < -0.39 is 0 Å². The van der Waals surface area contributed by atoms with Gasteiger partial charge in [-0.3, -0.25) is 4.98 Å². The van der Waals surface area contributed by atoms with Gasteiger partial charge in [-0.1, -0.05) is 0 Å². The molecule has 0 bridgehead atoms. The summed E-state index contributed by atoms with van der Waals surface area (Å²) in [5.41, 5.74) is 1.18. The van der Waals surface area contributed by atoms with E-state index in [1.807, 2.05) is 12.1 Å². The lowest BCUT2D eigenvalue weighted by Gasteiger charge is -2.07. The van der Waals surface area contributed by atoms with Crippen molar-refractivity contribution in [2.45, 2.75) is 13.0 Å². The fourth-order valence-corrected chi connectivity index (χ4v) is 1.75. The molecule has 0 saturated heterocycles. The average Bonchev–Trinajstić information content (AvgIpc) is 2.96. The summed E-state index contributed by atoms with van der Waals surface area (Å²) < 4.78 is 9.96. The van der Waals surface area contributed by atoms with Crippen LogP contribution in [0, 0.1) is 0 Å². The largest absolute Gasteiger partial charge is 0.469 e. The van der Waals surface area contributed by atoms with Gasteiger partial charge in [-0.25, -0.2) is 4.79 Å². The van der Waals surface area contributed by atoms with Crippen LogP contribution in [0.15, 0.2) is 41.1 Å². The van der Waals surface area contributed by atoms with E-state index in [0.29, 0.717) is 17.8 Å². The number of hydrogen-bond acceptors (Lipinski definition) is 5. The summed E-state index contributed by atoms with van der Waals surface area (Å²) in [7, 11) is 1.36. The Bertz CT molecular complexity index is 523. The van der Waals surface area contributed by atoms with Gasteiger partial charge in [-0.15, -0.1) is 0 Å². The van der Waals surface area contributed by atoms with E-state index in [1.54, 1.807) is 24.6 Å². The molecule has 0 amide bonds. The second kappa shape index (κ2) is 6.70. The van der Waals surface area contributed by atoms with Gasteiger partial charge in [-0.05, 0) is 24.3 Å². The number of esters is 1. The van der Waals surface area contributed by atoms with Crippen molar-refractivity contribution in [3.05, 3.63) is 53.7 Å². The molecule has 0 radical (unpaired) electrons. The maximum Gasteiger partial charge on any atom is 0.339 e. The van der Waals surface area contributed by atoms with Crippen LogP contribution in [0.1, 0.15) is 21.8 Å². The number of hydrogen-bond donors (Lipinski definition) is 1. The van der Waals surface area contributed by atoms with Crippen LogP contribution in [0.25, 0.3) is 0 Å². The molecule has 19 heavy (non-hydrogen) atoms. The quantitative estimate of drug-likeness (QED) is 0.633. The number of ether oxygens (including phenoxy) is 1. The highest BCUT2D eigenvalue weighted by Crippen LogP contribution is 2.07. The van der Waals surface area contributed by atoms with Crippen molar-refractivity contribution in [3.63, 3.8) is 0 Å². The zero-order valence-electron chi connectivity index (χ0n) is 10.8. The van der Waals surface area contributed by atoms with Gasteiger partial charge in [0.25, 0.3) is 0 Å². The Labute approximate surface area is 111 Å². The third kappa shape index (κ3) is 3.66. The maximum atomic E-state index is 11.5. The van der Waals surface area contributed by atoms with Gasteiger partial charge in [0.15, 0.2) is 0 Å². The van der Waals surface area contributed by atoms with Crippen LogP contribution in [0.3, 0.4) is 0 Å². The molecule has 0 aliphatic carbocycles. The SMILES string of the molecule is COC(=O)c1cccnc1CNCCc1ccco1. The number of carbonyl (C=O) groups is 1. The number of aromatic nitrogens is 1. The highest BCUT2D eigenvalue weighted by atomic mass is 16.5. The minimum absolute atomic E-state index is 0.365. The number of methoxy groups -OCH3 is 1. The summed E-state index contributed by atoms with van der Waals surface area (Å²) in [5.74, 6) is 0.567. The molecule has 1 N–H and O–H groups in total. The first kappa shape index (κ1) is 13.3. The molecule has 100 valence electrons. The predicted octanol–water partition coefficient (Wildman–Crippen LogP) is 1.79. The van der Waals surface area contributed by atoms with Gasteiger partial charge in [0, 0.05) is 25.7 Å². The average molecular weight is 260 g/mol. The molecule has 2 rings (SSSR count). The zero-order valence-corrected chi connectivity index (χ0v) is 10.8. The minimum atomic E-state index is -0.365. The number of carbonyl (C=O) groups excluding carboxylic acids is 1. The summed E-state index contributed by atoms with van der Waals surface area (Å²) in [6, 6.07) is 7.23. The van der Waals surface area contributed by atoms with Gasteiger partial charge < -0.3 is 14.5 Å². The molecule has 2 aromatic rings. The van der Waals surface area contributed by atoms with Crippen LogP contribution < -0.4 is 5.32 Å². The van der Waals surface area contributed by atoms with Crippen molar-refractivity contribution in [3.8, 4) is 0 Å². The predicted molar refractivity (Wildman–Crippen MR) is 69.7 cm³/mol. The van der Waals surface area contributed by atoms with Crippen molar-refractivity contribution in [1.29, 1.82) is 0 Å². The fourth-order valence-electron chi connectivity index (χ4n) is 1.75. The second-order valence-corrected chi connectivity index (χ2v) is 4.00. The van der Waals surface area contributed by atoms with Gasteiger partial charge >= 0.3 is 5.97 Å². The van der Waals surface area contributed by atoms with Gasteiger partial charge in [0.1, 0.15) is 5.76 Å². The number of furan rings is 1. The van der Waals surface area contributed by atoms with E-state index in [9.17, 15) is 4.79 Å². The Morgan fingerprint density at radius 3 is 3.05 bits per heavy atom. The molecule has 5 nitrogen and oxygen atoms in total. The monoisotopic (exact) mass is 260 g/mol. The molecule has 0 aliphatic heterocycles. The van der Waals surface area contributed by atoms with Crippen molar-refractivity contribution in [1.82, 2.24) is 10.3 Å².